The minimum Gasteiger partial charge on any atom is -0.497 e. The van der Waals surface area contributed by atoms with Gasteiger partial charge in [0.05, 0.1) is 12.8 Å². The van der Waals surface area contributed by atoms with Gasteiger partial charge in [0.1, 0.15) is 18.0 Å². The molecule has 1 aromatic carbocycles. The molecule has 3 aromatic rings. The first-order valence-corrected chi connectivity index (χ1v) is 7.40. The van der Waals surface area contributed by atoms with Gasteiger partial charge >= 0.3 is 5.97 Å². The first-order valence-electron chi connectivity index (χ1n) is 7.03. The summed E-state index contributed by atoms with van der Waals surface area (Å²) in [5.74, 6) is 0.336. The number of carbonyl (C=O) groups is 1. The van der Waals surface area contributed by atoms with Crippen LogP contribution >= 0.6 is 11.6 Å². The van der Waals surface area contributed by atoms with Crippen molar-refractivity contribution in [1.82, 2.24) is 9.38 Å². The SMILES string of the molecule is COc1ccc(COC(=O)c2c(C)nc3cc(Cl)ccn23)cc1. The number of imidazole rings is 1. The van der Waals surface area contributed by atoms with Crippen molar-refractivity contribution in [2.75, 3.05) is 7.11 Å². The molecule has 0 aliphatic heterocycles. The normalized spacial score (nSPS) is 10.7. The molecule has 6 heteroatoms. The maximum absolute atomic E-state index is 12.4. The average molecular weight is 331 g/mol. The van der Waals surface area contributed by atoms with Crippen LogP contribution in [0, 0.1) is 6.92 Å². The molecular weight excluding hydrogens is 316 g/mol. The molecule has 0 aliphatic rings. The Morgan fingerprint density at radius 3 is 2.70 bits per heavy atom. The zero-order valence-corrected chi connectivity index (χ0v) is 13.5. The average Bonchev–Trinajstić information content (AvgIpc) is 2.88. The van der Waals surface area contributed by atoms with E-state index in [2.05, 4.69) is 4.98 Å². The molecule has 3 rings (SSSR count). The van der Waals surface area contributed by atoms with Gasteiger partial charge in [-0.05, 0) is 30.7 Å². The fourth-order valence-corrected chi connectivity index (χ4v) is 2.48. The molecule has 0 aliphatic carbocycles. The van der Waals surface area contributed by atoms with Crippen molar-refractivity contribution in [2.45, 2.75) is 13.5 Å². The number of hydrogen-bond acceptors (Lipinski definition) is 4. The van der Waals surface area contributed by atoms with Crippen LogP contribution in [0.15, 0.2) is 42.6 Å². The molecule has 0 amide bonds. The van der Waals surface area contributed by atoms with Gasteiger partial charge in [-0.25, -0.2) is 9.78 Å². The first kappa shape index (κ1) is 15.4. The Kier molecular flexibility index (Phi) is 4.21. The van der Waals surface area contributed by atoms with E-state index in [-0.39, 0.29) is 6.61 Å². The summed E-state index contributed by atoms with van der Waals surface area (Å²) in [5.41, 5.74) is 2.51. The van der Waals surface area contributed by atoms with Crippen LogP contribution in [0.4, 0.5) is 0 Å². The van der Waals surface area contributed by atoms with Crippen molar-refractivity contribution in [2.24, 2.45) is 0 Å². The van der Waals surface area contributed by atoms with E-state index in [1.165, 1.54) is 0 Å². The highest BCUT2D eigenvalue weighted by Gasteiger charge is 2.18. The maximum atomic E-state index is 12.4. The summed E-state index contributed by atoms with van der Waals surface area (Å²) < 4.78 is 12.2. The number of benzene rings is 1. The van der Waals surface area contributed by atoms with E-state index in [9.17, 15) is 4.79 Å². The fourth-order valence-electron chi connectivity index (χ4n) is 2.32. The summed E-state index contributed by atoms with van der Waals surface area (Å²) in [5, 5.41) is 0.570. The number of pyridine rings is 1. The van der Waals surface area contributed by atoms with Gasteiger partial charge in [-0.1, -0.05) is 23.7 Å². The Hall–Kier alpha value is -2.53. The minimum absolute atomic E-state index is 0.184. The van der Waals surface area contributed by atoms with Gasteiger partial charge in [0, 0.05) is 17.3 Å². The first-order chi connectivity index (χ1) is 11.1. The Morgan fingerprint density at radius 1 is 1.26 bits per heavy atom. The van der Waals surface area contributed by atoms with Gasteiger partial charge in [0.15, 0.2) is 5.69 Å². The monoisotopic (exact) mass is 330 g/mol. The van der Waals surface area contributed by atoms with E-state index < -0.39 is 5.97 Å². The summed E-state index contributed by atoms with van der Waals surface area (Å²) in [7, 11) is 1.61. The third-order valence-electron chi connectivity index (χ3n) is 3.48. The molecule has 2 heterocycles. The van der Waals surface area contributed by atoms with E-state index in [1.807, 2.05) is 24.3 Å². The van der Waals surface area contributed by atoms with Crippen molar-refractivity contribution in [3.8, 4) is 5.75 Å². The van der Waals surface area contributed by atoms with Crippen molar-refractivity contribution in [3.05, 3.63) is 64.6 Å². The van der Waals surface area contributed by atoms with Crippen molar-refractivity contribution >= 4 is 23.2 Å². The highest BCUT2D eigenvalue weighted by atomic mass is 35.5. The molecule has 0 spiro atoms. The molecule has 23 heavy (non-hydrogen) atoms. The lowest BCUT2D eigenvalue weighted by molar-refractivity contribution is 0.0463. The van der Waals surface area contributed by atoms with Gasteiger partial charge in [-0.2, -0.15) is 0 Å². The Bertz CT molecular complexity index is 856. The fraction of sp³-hybridized carbons (Fsp3) is 0.176. The summed E-state index contributed by atoms with van der Waals surface area (Å²) in [6.07, 6.45) is 1.71. The van der Waals surface area contributed by atoms with Crippen molar-refractivity contribution in [1.29, 1.82) is 0 Å². The summed E-state index contributed by atoms with van der Waals surface area (Å²) >= 11 is 5.95. The topological polar surface area (TPSA) is 52.8 Å². The van der Waals surface area contributed by atoms with Crippen LogP contribution in [0.2, 0.25) is 5.02 Å². The van der Waals surface area contributed by atoms with Crippen molar-refractivity contribution < 1.29 is 14.3 Å². The molecular formula is C17H15ClN2O3. The number of aryl methyl sites for hydroxylation is 1. The van der Waals surface area contributed by atoms with Gasteiger partial charge in [0.25, 0.3) is 0 Å². The number of hydrogen-bond donors (Lipinski definition) is 0. The largest absolute Gasteiger partial charge is 0.497 e. The second-order valence-corrected chi connectivity index (χ2v) is 5.48. The molecule has 0 fully saturated rings. The molecule has 0 atom stereocenters. The lowest BCUT2D eigenvalue weighted by atomic mass is 10.2. The molecule has 0 saturated heterocycles. The number of nitrogens with zero attached hydrogens (tertiary/aromatic N) is 2. The van der Waals surface area contributed by atoms with Crippen LogP contribution < -0.4 is 4.74 Å². The Morgan fingerprint density at radius 2 is 2.00 bits per heavy atom. The predicted molar refractivity (Wildman–Crippen MR) is 87.1 cm³/mol. The van der Waals surface area contributed by atoms with Crippen molar-refractivity contribution in [3.63, 3.8) is 0 Å². The van der Waals surface area contributed by atoms with Crippen LogP contribution in [-0.4, -0.2) is 22.5 Å². The number of methoxy groups -OCH3 is 1. The Balaban J connectivity index is 1.79. The zero-order chi connectivity index (χ0) is 16.4. The number of carbonyl (C=O) groups excluding carboxylic acids is 1. The number of aromatic nitrogens is 2. The third kappa shape index (κ3) is 3.14. The second kappa shape index (κ2) is 6.30. The van der Waals surface area contributed by atoms with Gasteiger partial charge < -0.3 is 9.47 Å². The third-order valence-corrected chi connectivity index (χ3v) is 3.72. The van der Waals surface area contributed by atoms with Crippen LogP contribution in [0.3, 0.4) is 0 Å². The zero-order valence-electron chi connectivity index (χ0n) is 12.7. The number of ether oxygens (including phenoxy) is 2. The van der Waals surface area contributed by atoms with Gasteiger partial charge in [0.2, 0.25) is 0 Å². The number of esters is 1. The highest BCUT2D eigenvalue weighted by Crippen LogP contribution is 2.18. The van der Waals surface area contributed by atoms with E-state index in [0.29, 0.717) is 22.1 Å². The number of halogens is 1. The number of rotatable bonds is 4. The molecule has 0 unspecified atom stereocenters. The predicted octanol–water partition coefficient (Wildman–Crippen LogP) is 3.66. The van der Waals surface area contributed by atoms with Gasteiger partial charge in [-0.3, -0.25) is 4.40 Å². The highest BCUT2D eigenvalue weighted by molar-refractivity contribution is 6.30. The van der Waals surface area contributed by atoms with E-state index in [1.54, 1.807) is 36.8 Å². The van der Waals surface area contributed by atoms with E-state index >= 15 is 0 Å². The van der Waals surface area contributed by atoms with Crippen LogP contribution in [0.25, 0.3) is 5.65 Å². The lowest BCUT2D eigenvalue weighted by Gasteiger charge is -2.06. The molecule has 0 bridgehead atoms. The van der Waals surface area contributed by atoms with E-state index in [0.717, 1.165) is 11.3 Å². The lowest BCUT2D eigenvalue weighted by Crippen LogP contribution is -2.09. The molecule has 0 radical (unpaired) electrons. The summed E-state index contributed by atoms with van der Waals surface area (Å²) in [6, 6.07) is 10.8. The van der Waals surface area contributed by atoms with Gasteiger partial charge in [-0.15, -0.1) is 0 Å². The Labute approximate surface area is 138 Å². The molecule has 2 aromatic heterocycles. The minimum atomic E-state index is -0.423. The summed E-state index contributed by atoms with van der Waals surface area (Å²) in [4.78, 5) is 16.7. The standard InChI is InChI=1S/C17H15ClN2O3/c1-11-16(20-8-7-13(18)9-15(20)19-11)17(21)23-10-12-3-5-14(22-2)6-4-12/h3-9H,10H2,1-2H3. The number of fused-ring (bicyclic) bond motifs is 1. The summed E-state index contributed by atoms with van der Waals surface area (Å²) in [6.45, 7) is 1.95. The molecule has 5 nitrogen and oxygen atoms in total. The van der Waals surface area contributed by atoms with E-state index in [4.69, 9.17) is 21.1 Å². The molecule has 118 valence electrons. The van der Waals surface area contributed by atoms with Crippen LogP contribution in [-0.2, 0) is 11.3 Å². The quantitative estimate of drug-likeness (QED) is 0.685. The maximum Gasteiger partial charge on any atom is 0.357 e. The van der Waals surface area contributed by atoms with Crippen LogP contribution in [0.5, 0.6) is 5.75 Å². The van der Waals surface area contributed by atoms with Crippen LogP contribution in [0.1, 0.15) is 21.7 Å². The molecule has 0 saturated carbocycles. The molecule has 0 N–H and O–H groups in total. The second-order valence-electron chi connectivity index (χ2n) is 5.04. The smallest absolute Gasteiger partial charge is 0.357 e.